The van der Waals surface area contributed by atoms with E-state index in [2.05, 4.69) is 26.1 Å². The second-order valence-corrected chi connectivity index (χ2v) is 5.24. The lowest BCUT2D eigenvalue weighted by atomic mass is 10.0. The van der Waals surface area contributed by atoms with Crippen LogP contribution >= 0.6 is 0 Å². The molecule has 2 N–H and O–H groups in total. The molecular weight excluding hydrogens is 238 g/mol. The molecule has 0 amide bonds. The van der Waals surface area contributed by atoms with Crippen molar-refractivity contribution in [1.82, 2.24) is 5.32 Å². The van der Waals surface area contributed by atoms with Gasteiger partial charge in [0.1, 0.15) is 0 Å². The molecule has 0 heterocycles. The van der Waals surface area contributed by atoms with E-state index in [1.165, 1.54) is 0 Å². The van der Waals surface area contributed by atoms with Crippen LogP contribution in [0.2, 0.25) is 0 Å². The number of rotatable bonds is 9. The molecule has 0 aliphatic rings. The maximum absolute atomic E-state index is 9.84. The van der Waals surface area contributed by atoms with Crippen LogP contribution < -0.4 is 5.32 Å². The van der Waals surface area contributed by atoms with Gasteiger partial charge in [0, 0.05) is 12.6 Å². The molecule has 3 atom stereocenters. The molecule has 0 aliphatic heterocycles. The first-order valence-corrected chi connectivity index (χ1v) is 7.16. The van der Waals surface area contributed by atoms with Crippen LogP contribution in [0, 0.1) is 5.92 Å². The van der Waals surface area contributed by atoms with Gasteiger partial charge in [-0.2, -0.15) is 0 Å². The molecule has 3 heteroatoms. The monoisotopic (exact) mass is 265 g/mol. The predicted molar refractivity (Wildman–Crippen MR) is 79.0 cm³/mol. The maximum atomic E-state index is 9.84. The minimum Gasteiger partial charge on any atom is -0.389 e. The molecule has 0 bridgehead atoms. The summed E-state index contributed by atoms with van der Waals surface area (Å²) in [5, 5.41) is 13.2. The van der Waals surface area contributed by atoms with Gasteiger partial charge < -0.3 is 15.2 Å². The predicted octanol–water partition coefficient (Wildman–Crippen LogP) is 2.59. The molecule has 19 heavy (non-hydrogen) atoms. The third kappa shape index (κ3) is 6.71. The van der Waals surface area contributed by atoms with E-state index in [1.54, 1.807) is 0 Å². The van der Waals surface area contributed by atoms with Crippen molar-refractivity contribution in [3.8, 4) is 0 Å². The van der Waals surface area contributed by atoms with Gasteiger partial charge in [-0.3, -0.25) is 0 Å². The zero-order valence-electron chi connectivity index (χ0n) is 12.3. The summed E-state index contributed by atoms with van der Waals surface area (Å²) in [5.41, 5.74) is 1.13. The Labute approximate surface area is 117 Å². The third-order valence-corrected chi connectivity index (χ3v) is 3.59. The molecule has 108 valence electrons. The van der Waals surface area contributed by atoms with E-state index in [-0.39, 0.29) is 0 Å². The second-order valence-electron chi connectivity index (χ2n) is 5.24. The van der Waals surface area contributed by atoms with Crippen LogP contribution in [0.5, 0.6) is 0 Å². The van der Waals surface area contributed by atoms with Crippen molar-refractivity contribution in [2.75, 3.05) is 13.2 Å². The van der Waals surface area contributed by atoms with Crippen molar-refractivity contribution < 1.29 is 9.84 Å². The Morgan fingerprint density at radius 3 is 2.53 bits per heavy atom. The van der Waals surface area contributed by atoms with E-state index < -0.39 is 6.10 Å². The number of hydrogen-bond donors (Lipinski definition) is 2. The van der Waals surface area contributed by atoms with Crippen molar-refractivity contribution in [2.45, 2.75) is 45.9 Å². The molecule has 3 nitrogen and oxygen atoms in total. The summed E-state index contributed by atoms with van der Waals surface area (Å²) in [6.07, 6.45) is 0.699. The largest absolute Gasteiger partial charge is 0.389 e. The molecule has 0 saturated carbocycles. The summed E-state index contributed by atoms with van der Waals surface area (Å²) in [6.45, 7) is 8.07. The van der Waals surface area contributed by atoms with Gasteiger partial charge in [0.25, 0.3) is 0 Å². The van der Waals surface area contributed by atoms with Gasteiger partial charge >= 0.3 is 0 Å². The lowest BCUT2D eigenvalue weighted by molar-refractivity contribution is 0.0270. The molecule has 1 aromatic rings. The summed E-state index contributed by atoms with van der Waals surface area (Å²) >= 11 is 0. The van der Waals surface area contributed by atoms with Crippen molar-refractivity contribution >= 4 is 0 Å². The molecular formula is C16H27NO2. The summed E-state index contributed by atoms with van der Waals surface area (Å²) in [5.74, 6) is 0.623. The van der Waals surface area contributed by atoms with Gasteiger partial charge in [-0.25, -0.2) is 0 Å². The molecule has 0 spiro atoms. The van der Waals surface area contributed by atoms with Crippen LogP contribution in [-0.4, -0.2) is 30.4 Å². The van der Waals surface area contributed by atoms with Gasteiger partial charge in [-0.15, -0.1) is 0 Å². The molecule has 0 aromatic heterocycles. The SMILES string of the molecule is CCC(C)C(C)NCC(O)COCc1ccccc1. The minimum atomic E-state index is -0.449. The third-order valence-electron chi connectivity index (χ3n) is 3.59. The van der Waals surface area contributed by atoms with Crippen LogP contribution in [0.4, 0.5) is 0 Å². The highest BCUT2D eigenvalue weighted by molar-refractivity contribution is 5.13. The van der Waals surface area contributed by atoms with Crippen LogP contribution in [-0.2, 0) is 11.3 Å². The van der Waals surface area contributed by atoms with Crippen LogP contribution in [0.3, 0.4) is 0 Å². The molecule has 0 fully saturated rings. The Balaban J connectivity index is 2.13. The van der Waals surface area contributed by atoms with E-state index in [0.717, 1.165) is 12.0 Å². The van der Waals surface area contributed by atoms with Crippen molar-refractivity contribution in [2.24, 2.45) is 5.92 Å². The van der Waals surface area contributed by atoms with E-state index in [0.29, 0.717) is 31.7 Å². The Hall–Kier alpha value is -0.900. The van der Waals surface area contributed by atoms with Crippen LogP contribution in [0.15, 0.2) is 30.3 Å². The van der Waals surface area contributed by atoms with Crippen LogP contribution in [0.25, 0.3) is 0 Å². The zero-order chi connectivity index (χ0) is 14.1. The Kier molecular flexibility index (Phi) is 7.72. The highest BCUT2D eigenvalue weighted by Crippen LogP contribution is 2.06. The number of aliphatic hydroxyl groups is 1. The van der Waals surface area contributed by atoms with E-state index in [1.807, 2.05) is 30.3 Å². The Morgan fingerprint density at radius 2 is 1.89 bits per heavy atom. The lowest BCUT2D eigenvalue weighted by Crippen LogP contribution is -2.39. The smallest absolute Gasteiger partial charge is 0.0897 e. The van der Waals surface area contributed by atoms with Gasteiger partial charge in [0.05, 0.1) is 19.3 Å². The van der Waals surface area contributed by atoms with Crippen molar-refractivity contribution in [1.29, 1.82) is 0 Å². The number of benzene rings is 1. The molecule has 0 radical (unpaired) electrons. The Morgan fingerprint density at radius 1 is 1.21 bits per heavy atom. The molecule has 1 aromatic carbocycles. The molecule has 3 unspecified atom stereocenters. The topological polar surface area (TPSA) is 41.5 Å². The fraction of sp³-hybridized carbons (Fsp3) is 0.625. The normalized spacial score (nSPS) is 16.0. The summed E-state index contributed by atoms with van der Waals surface area (Å²) in [4.78, 5) is 0. The van der Waals surface area contributed by atoms with Gasteiger partial charge in [-0.05, 0) is 18.4 Å². The van der Waals surface area contributed by atoms with Gasteiger partial charge in [-0.1, -0.05) is 50.6 Å². The number of ether oxygens (including phenoxy) is 1. The fourth-order valence-electron chi connectivity index (χ4n) is 1.82. The zero-order valence-corrected chi connectivity index (χ0v) is 12.3. The minimum absolute atomic E-state index is 0.370. The maximum Gasteiger partial charge on any atom is 0.0897 e. The summed E-state index contributed by atoms with van der Waals surface area (Å²) in [7, 11) is 0. The first kappa shape index (κ1) is 16.2. The Bertz CT molecular complexity index is 329. The second kappa shape index (κ2) is 9.08. The van der Waals surface area contributed by atoms with Crippen molar-refractivity contribution in [3.63, 3.8) is 0 Å². The average molecular weight is 265 g/mol. The highest BCUT2D eigenvalue weighted by Gasteiger charge is 2.11. The number of aliphatic hydroxyl groups excluding tert-OH is 1. The summed E-state index contributed by atoms with van der Waals surface area (Å²) < 4.78 is 5.51. The van der Waals surface area contributed by atoms with E-state index in [9.17, 15) is 5.11 Å². The average Bonchev–Trinajstić information content (AvgIpc) is 2.45. The molecule has 0 aliphatic carbocycles. The first-order chi connectivity index (χ1) is 9.13. The van der Waals surface area contributed by atoms with E-state index >= 15 is 0 Å². The highest BCUT2D eigenvalue weighted by atomic mass is 16.5. The standard InChI is InChI=1S/C16H27NO2/c1-4-13(2)14(3)17-10-16(18)12-19-11-15-8-6-5-7-9-15/h5-9,13-14,16-18H,4,10-12H2,1-3H3. The molecule has 1 rings (SSSR count). The van der Waals surface area contributed by atoms with Crippen molar-refractivity contribution in [3.05, 3.63) is 35.9 Å². The number of nitrogens with one attached hydrogen (secondary N) is 1. The van der Waals surface area contributed by atoms with Crippen LogP contribution in [0.1, 0.15) is 32.8 Å². The van der Waals surface area contributed by atoms with Gasteiger partial charge in [0.2, 0.25) is 0 Å². The quantitative estimate of drug-likeness (QED) is 0.721. The first-order valence-electron chi connectivity index (χ1n) is 7.16. The van der Waals surface area contributed by atoms with E-state index in [4.69, 9.17) is 4.74 Å². The molecule has 0 saturated heterocycles. The summed E-state index contributed by atoms with van der Waals surface area (Å²) in [6, 6.07) is 10.4. The number of hydrogen-bond acceptors (Lipinski definition) is 3. The lowest BCUT2D eigenvalue weighted by Gasteiger charge is -2.21. The fourth-order valence-corrected chi connectivity index (χ4v) is 1.82. The van der Waals surface area contributed by atoms with Gasteiger partial charge in [0.15, 0.2) is 0 Å².